The number of nitrogens with two attached hydrogens (primary N) is 2. The molecule has 0 radical (unpaired) electrons. The van der Waals surface area contributed by atoms with E-state index in [1.54, 1.807) is 0 Å². The van der Waals surface area contributed by atoms with Crippen molar-refractivity contribution < 1.29 is 14.7 Å². The Hall–Kier alpha value is -1.34. The molecule has 80 valence electrons. The zero-order valence-corrected chi connectivity index (χ0v) is 7.64. The summed E-state index contributed by atoms with van der Waals surface area (Å²) in [6.45, 7) is 0.553. The van der Waals surface area contributed by atoms with Crippen molar-refractivity contribution in [3.63, 3.8) is 0 Å². The summed E-state index contributed by atoms with van der Waals surface area (Å²) < 4.78 is 0. The number of nitrogens with zero attached hydrogens (tertiary/aromatic N) is 1. The number of amides is 2. The van der Waals surface area contributed by atoms with Crippen LogP contribution in [0, 0.1) is 0 Å². The SMILES string of the molecule is N[C@@H]1CN(C(=O)CNC(=O)O)C[C@@H]1N. The lowest BCUT2D eigenvalue weighted by Gasteiger charge is -2.15. The first-order valence-electron chi connectivity index (χ1n) is 4.26. The van der Waals surface area contributed by atoms with E-state index in [1.165, 1.54) is 4.90 Å². The maximum atomic E-state index is 11.3. The Kier molecular flexibility index (Phi) is 3.26. The predicted octanol–water partition coefficient (Wildman–Crippen LogP) is -2.25. The molecule has 0 unspecified atom stereocenters. The van der Waals surface area contributed by atoms with Crippen molar-refractivity contribution in [3.8, 4) is 0 Å². The van der Waals surface area contributed by atoms with Crippen LogP contribution in [0.25, 0.3) is 0 Å². The van der Waals surface area contributed by atoms with Crippen LogP contribution in [0.4, 0.5) is 4.79 Å². The number of likely N-dealkylation sites (tertiary alicyclic amines) is 1. The second kappa shape index (κ2) is 4.25. The summed E-state index contributed by atoms with van der Waals surface area (Å²) in [6, 6.07) is -0.437. The molecule has 2 amide bonds. The first kappa shape index (κ1) is 10.7. The van der Waals surface area contributed by atoms with Gasteiger partial charge in [0.25, 0.3) is 0 Å². The van der Waals surface area contributed by atoms with Gasteiger partial charge in [-0.2, -0.15) is 0 Å². The van der Waals surface area contributed by atoms with Gasteiger partial charge in [-0.1, -0.05) is 0 Å². The Morgan fingerprint density at radius 1 is 1.36 bits per heavy atom. The number of rotatable bonds is 2. The molecule has 0 aliphatic carbocycles. The summed E-state index contributed by atoms with van der Waals surface area (Å²) in [5.74, 6) is -0.296. The van der Waals surface area contributed by atoms with E-state index in [0.29, 0.717) is 13.1 Å². The van der Waals surface area contributed by atoms with Crippen LogP contribution in [0.15, 0.2) is 0 Å². The van der Waals surface area contributed by atoms with E-state index in [-0.39, 0.29) is 24.5 Å². The van der Waals surface area contributed by atoms with Crippen LogP contribution in [-0.2, 0) is 4.79 Å². The van der Waals surface area contributed by atoms with Crippen LogP contribution in [0.3, 0.4) is 0 Å². The van der Waals surface area contributed by atoms with Crippen molar-refractivity contribution >= 4 is 12.0 Å². The van der Waals surface area contributed by atoms with Crippen LogP contribution in [0.1, 0.15) is 0 Å². The third-order valence-corrected chi connectivity index (χ3v) is 2.16. The molecule has 6 N–H and O–H groups in total. The van der Waals surface area contributed by atoms with Crippen LogP contribution in [-0.4, -0.2) is 53.7 Å². The Labute approximate surface area is 81.0 Å². The fourth-order valence-electron chi connectivity index (χ4n) is 1.32. The minimum Gasteiger partial charge on any atom is -0.465 e. The molecule has 1 aliphatic heterocycles. The number of carbonyl (C=O) groups is 2. The molecular weight excluding hydrogens is 188 g/mol. The van der Waals surface area contributed by atoms with E-state index < -0.39 is 6.09 Å². The van der Waals surface area contributed by atoms with E-state index in [0.717, 1.165) is 0 Å². The standard InChI is InChI=1S/C7H14N4O3/c8-4-2-11(3-5(4)9)6(12)1-10-7(13)14/h4-5,10H,1-3,8-9H2,(H,13,14)/t4-,5+. The summed E-state index contributed by atoms with van der Waals surface area (Å²) in [7, 11) is 0. The molecule has 0 saturated carbocycles. The molecule has 1 saturated heterocycles. The molecule has 0 spiro atoms. The Morgan fingerprint density at radius 2 is 1.86 bits per heavy atom. The van der Waals surface area contributed by atoms with Gasteiger partial charge in [0.2, 0.25) is 5.91 Å². The lowest BCUT2D eigenvalue weighted by atomic mass is 10.2. The fraction of sp³-hybridized carbons (Fsp3) is 0.714. The van der Waals surface area contributed by atoms with Gasteiger partial charge in [-0.3, -0.25) is 4.79 Å². The van der Waals surface area contributed by atoms with E-state index in [1.807, 2.05) is 5.32 Å². The summed E-state index contributed by atoms with van der Waals surface area (Å²) in [6.07, 6.45) is -1.22. The van der Waals surface area contributed by atoms with Gasteiger partial charge in [-0.05, 0) is 0 Å². The second-order valence-corrected chi connectivity index (χ2v) is 3.29. The average Bonchev–Trinajstić information content (AvgIpc) is 2.43. The Balaban J connectivity index is 2.36. The van der Waals surface area contributed by atoms with Crippen LogP contribution >= 0.6 is 0 Å². The third-order valence-electron chi connectivity index (χ3n) is 2.16. The minimum absolute atomic E-state index is 0.219. The molecule has 1 aliphatic rings. The molecule has 0 bridgehead atoms. The van der Waals surface area contributed by atoms with E-state index in [4.69, 9.17) is 16.6 Å². The van der Waals surface area contributed by atoms with E-state index in [2.05, 4.69) is 0 Å². The fourth-order valence-corrected chi connectivity index (χ4v) is 1.32. The molecule has 7 heteroatoms. The monoisotopic (exact) mass is 202 g/mol. The third kappa shape index (κ3) is 2.57. The largest absolute Gasteiger partial charge is 0.465 e. The number of hydrogen-bond donors (Lipinski definition) is 4. The van der Waals surface area contributed by atoms with Gasteiger partial charge >= 0.3 is 6.09 Å². The second-order valence-electron chi connectivity index (χ2n) is 3.29. The maximum absolute atomic E-state index is 11.3. The Morgan fingerprint density at radius 3 is 2.29 bits per heavy atom. The van der Waals surface area contributed by atoms with Crippen LogP contribution < -0.4 is 16.8 Å². The van der Waals surface area contributed by atoms with Gasteiger partial charge in [0.15, 0.2) is 0 Å². The number of carbonyl (C=O) groups excluding carboxylic acids is 1. The zero-order valence-electron chi connectivity index (χ0n) is 7.64. The number of hydrogen-bond acceptors (Lipinski definition) is 4. The number of carboxylic acid groups (broad SMARTS) is 1. The van der Waals surface area contributed by atoms with Crippen molar-refractivity contribution in [1.29, 1.82) is 0 Å². The molecule has 7 nitrogen and oxygen atoms in total. The topological polar surface area (TPSA) is 122 Å². The van der Waals surface area contributed by atoms with Gasteiger partial charge in [0.05, 0.1) is 0 Å². The molecule has 0 aromatic rings. The molecule has 0 aromatic carbocycles. The first-order chi connectivity index (χ1) is 6.50. The predicted molar refractivity (Wildman–Crippen MR) is 48.6 cm³/mol. The summed E-state index contributed by atoms with van der Waals surface area (Å²) in [4.78, 5) is 22.9. The van der Waals surface area contributed by atoms with Crippen molar-refractivity contribution in [2.45, 2.75) is 12.1 Å². The lowest BCUT2D eigenvalue weighted by Crippen LogP contribution is -2.39. The molecular formula is C7H14N4O3. The normalized spacial score (nSPS) is 26.3. The smallest absolute Gasteiger partial charge is 0.405 e. The molecule has 1 fully saturated rings. The highest BCUT2D eigenvalue weighted by Gasteiger charge is 2.29. The van der Waals surface area contributed by atoms with Crippen LogP contribution in [0.5, 0.6) is 0 Å². The highest BCUT2D eigenvalue weighted by atomic mass is 16.4. The molecule has 14 heavy (non-hydrogen) atoms. The van der Waals surface area contributed by atoms with Gasteiger partial charge in [0.1, 0.15) is 6.54 Å². The number of nitrogens with one attached hydrogen (secondary N) is 1. The van der Waals surface area contributed by atoms with Crippen LogP contribution in [0.2, 0.25) is 0 Å². The maximum Gasteiger partial charge on any atom is 0.405 e. The minimum atomic E-state index is -1.22. The van der Waals surface area contributed by atoms with Gasteiger partial charge in [-0.25, -0.2) is 4.79 Å². The molecule has 1 heterocycles. The quantitative estimate of drug-likeness (QED) is 0.403. The Bertz CT molecular complexity index is 235. The summed E-state index contributed by atoms with van der Waals surface area (Å²) in [5.41, 5.74) is 11.2. The van der Waals surface area contributed by atoms with E-state index >= 15 is 0 Å². The van der Waals surface area contributed by atoms with Crippen molar-refractivity contribution in [2.24, 2.45) is 11.5 Å². The van der Waals surface area contributed by atoms with Gasteiger partial charge in [-0.15, -0.1) is 0 Å². The lowest BCUT2D eigenvalue weighted by molar-refractivity contribution is -0.129. The van der Waals surface area contributed by atoms with Gasteiger partial charge < -0.3 is 26.8 Å². The summed E-state index contributed by atoms with van der Waals surface area (Å²) >= 11 is 0. The van der Waals surface area contributed by atoms with Crippen molar-refractivity contribution in [1.82, 2.24) is 10.2 Å². The first-order valence-corrected chi connectivity index (χ1v) is 4.26. The summed E-state index contributed by atoms with van der Waals surface area (Å²) in [5, 5.41) is 10.3. The average molecular weight is 202 g/mol. The molecule has 1 rings (SSSR count). The van der Waals surface area contributed by atoms with Crippen molar-refractivity contribution in [2.75, 3.05) is 19.6 Å². The highest BCUT2D eigenvalue weighted by molar-refractivity contribution is 5.82. The zero-order chi connectivity index (χ0) is 10.7. The van der Waals surface area contributed by atoms with Crippen molar-refractivity contribution in [3.05, 3.63) is 0 Å². The van der Waals surface area contributed by atoms with E-state index in [9.17, 15) is 9.59 Å². The highest BCUT2D eigenvalue weighted by Crippen LogP contribution is 2.05. The molecule has 2 atom stereocenters. The molecule has 0 aromatic heterocycles. The van der Waals surface area contributed by atoms with Gasteiger partial charge in [0, 0.05) is 25.2 Å².